The summed E-state index contributed by atoms with van der Waals surface area (Å²) in [4.78, 5) is 10.9. The zero-order valence-corrected chi connectivity index (χ0v) is 15.6. The normalized spacial score (nSPS) is 20.7. The Morgan fingerprint density at radius 3 is 1.76 bits per heavy atom. The van der Waals surface area contributed by atoms with Gasteiger partial charge >= 0.3 is 0 Å². The second-order valence-corrected chi connectivity index (χ2v) is 8.17. The summed E-state index contributed by atoms with van der Waals surface area (Å²) in [6.45, 7) is 17.4. The predicted octanol–water partition coefficient (Wildman–Crippen LogP) is 6.15. The van der Waals surface area contributed by atoms with Gasteiger partial charge < -0.3 is 0 Å². The van der Waals surface area contributed by atoms with Crippen LogP contribution >= 0.6 is 0 Å². The molecule has 2 heteroatoms. The van der Waals surface area contributed by atoms with Gasteiger partial charge in [0.05, 0.1) is 12.7 Å². The van der Waals surface area contributed by atoms with Crippen LogP contribution in [0.25, 0.3) is 0 Å². The van der Waals surface area contributed by atoms with Gasteiger partial charge in [0.25, 0.3) is 0 Å². The number of hydrogen-bond acceptors (Lipinski definition) is 2. The van der Waals surface area contributed by atoms with Crippen LogP contribution in [-0.4, -0.2) is 12.7 Å². The smallest absolute Gasteiger partial charge is 0.0930 e. The van der Waals surface area contributed by atoms with Crippen LogP contribution in [0.3, 0.4) is 0 Å². The zero-order valence-electron chi connectivity index (χ0n) is 15.6. The predicted molar refractivity (Wildman–Crippen MR) is 90.2 cm³/mol. The highest BCUT2D eigenvalue weighted by molar-refractivity contribution is 5.03. The van der Waals surface area contributed by atoms with Crippen molar-refractivity contribution in [2.75, 3.05) is 6.61 Å². The van der Waals surface area contributed by atoms with Gasteiger partial charge in [-0.1, -0.05) is 61.3 Å². The molecule has 126 valence electrons. The van der Waals surface area contributed by atoms with E-state index in [1.54, 1.807) is 0 Å². The summed E-state index contributed by atoms with van der Waals surface area (Å²) >= 11 is 0. The Labute approximate surface area is 132 Å². The maximum absolute atomic E-state index is 5.61. The molecule has 0 atom stereocenters. The number of hydrogen-bond donors (Lipinski definition) is 0. The Bertz CT molecular complexity index is 281. The van der Waals surface area contributed by atoms with E-state index in [2.05, 4.69) is 48.5 Å². The zero-order chi connectivity index (χ0) is 16.1. The van der Waals surface area contributed by atoms with Gasteiger partial charge in [-0.25, -0.2) is 9.78 Å². The lowest BCUT2D eigenvalue weighted by atomic mass is 9.46. The molecule has 0 radical (unpaired) electrons. The molecule has 0 bridgehead atoms. The summed E-state index contributed by atoms with van der Waals surface area (Å²) in [5.41, 5.74) is 1.16. The average molecular weight is 299 g/mol. The van der Waals surface area contributed by atoms with Crippen molar-refractivity contribution in [1.82, 2.24) is 0 Å². The Kier molecular flexibility index (Phi) is 6.74. The first kappa shape index (κ1) is 19.0. The highest BCUT2D eigenvalue weighted by atomic mass is 17.2. The highest BCUT2D eigenvalue weighted by Crippen LogP contribution is 2.62. The van der Waals surface area contributed by atoms with Gasteiger partial charge in [-0.05, 0) is 48.3 Å². The fourth-order valence-electron chi connectivity index (χ4n) is 4.35. The molecule has 0 saturated heterocycles. The topological polar surface area (TPSA) is 18.5 Å². The van der Waals surface area contributed by atoms with E-state index in [1.165, 1.54) is 25.7 Å². The molecule has 0 aromatic carbocycles. The van der Waals surface area contributed by atoms with E-state index in [-0.39, 0.29) is 0 Å². The minimum Gasteiger partial charge on any atom is -0.236 e. The summed E-state index contributed by atoms with van der Waals surface area (Å²) in [6.07, 6.45) is 8.59. The molecular formula is C19H38O2. The Balaban J connectivity index is 2.81. The third kappa shape index (κ3) is 3.82. The molecule has 0 aromatic rings. The first-order valence-electron chi connectivity index (χ1n) is 9.04. The van der Waals surface area contributed by atoms with E-state index < -0.39 is 0 Å². The van der Waals surface area contributed by atoms with Crippen LogP contribution in [0.4, 0.5) is 0 Å². The van der Waals surface area contributed by atoms with Gasteiger partial charge in [-0.15, -0.1) is 0 Å². The van der Waals surface area contributed by atoms with E-state index in [0.717, 1.165) is 19.3 Å². The Hall–Kier alpha value is -0.0800. The van der Waals surface area contributed by atoms with Gasteiger partial charge in [0.2, 0.25) is 0 Å². The van der Waals surface area contributed by atoms with Crippen LogP contribution < -0.4 is 0 Å². The molecule has 21 heavy (non-hydrogen) atoms. The molecule has 0 N–H and O–H groups in total. The quantitative estimate of drug-likeness (QED) is 0.304. The van der Waals surface area contributed by atoms with Crippen molar-refractivity contribution in [1.29, 1.82) is 0 Å². The molecule has 1 fully saturated rings. The lowest BCUT2D eigenvalue weighted by Gasteiger charge is -2.59. The van der Waals surface area contributed by atoms with Gasteiger partial charge in [0.15, 0.2) is 0 Å². The van der Waals surface area contributed by atoms with E-state index in [4.69, 9.17) is 9.78 Å². The molecule has 1 rings (SSSR count). The van der Waals surface area contributed by atoms with E-state index in [9.17, 15) is 0 Å². The largest absolute Gasteiger partial charge is 0.236 e. The summed E-state index contributed by atoms with van der Waals surface area (Å²) in [5.74, 6) is 0. The first-order valence-corrected chi connectivity index (χ1v) is 9.04. The SMILES string of the molecule is CCCOOC1CCC(C(C)(C)CC)(C(C)(C)CC)CC1. The third-order valence-electron chi connectivity index (χ3n) is 6.64. The van der Waals surface area contributed by atoms with Crippen molar-refractivity contribution in [3.05, 3.63) is 0 Å². The van der Waals surface area contributed by atoms with Crippen LogP contribution in [0.1, 0.15) is 93.4 Å². The molecule has 0 spiro atoms. The molecule has 1 saturated carbocycles. The maximum atomic E-state index is 5.61. The second-order valence-electron chi connectivity index (χ2n) is 8.17. The Morgan fingerprint density at radius 1 is 0.905 bits per heavy atom. The van der Waals surface area contributed by atoms with Crippen LogP contribution in [-0.2, 0) is 9.78 Å². The van der Waals surface area contributed by atoms with Gasteiger partial charge in [0.1, 0.15) is 0 Å². The third-order valence-corrected chi connectivity index (χ3v) is 6.64. The monoisotopic (exact) mass is 298 g/mol. The summed E-state index contributed by atoms with van der Waals surface area (Å²) < 4.78 is 0. The van der Waals surface area contributed by atoms with Crippen LogP contribution in [0.2, 0.25) is 0 Å². The lowest BCUT2D eigenvalue weighted by molar-refractivity contribution is -0.334. The average Bonchev–Trinajstić information content (AvgIpc) is 2.47. The molecule has 1 aliphatic carbocycles. The minimum absolute atomic E-state index is 0.296. The van der Waals surface area contributed by atoms with E-state index >= 15 is 0 Å². The molecule has 0 amide bonds. The van der Waals surface area contributed by atoms with Crippen molar-refractivity contribution in [3.8, 4) is 0 Å². The molecule has 1 aliphatic rings. The van der Waals surface area contributed by atoms with E-state index in [0.29, 0.717) is 29.0 Å². The standard InChI is InChI=1S/C19H38O2/c1-8-15-20-21-16-11-13-19(14-12-16,17(4,5)9-2)18(6,7)10-3/h16H,8-15H2,1-7H3. The fourth-order valence-corrected chi connectivity index (χ4v) is 4.35. The molecule has 0 aromatic heterocycles. The van der Waals surface area contributed by atoms with Crippen molar-refractivity contribution < 1.29 is 9.78 Å². The second kappa shape index (κ2) is 7.46. The highest BCUT2D eigenvalue weighted by Gasteiger charge is 2.54. The lowest BCUT2D eigenvalue weighted by Crippen LogP contribution is -2.51. The molecule has 0 heterocycles. The van der Waals surface area contributed by atoms with Crippen molar-refractivity contribution >= 4 is 0 Å². The maximum Gasteiger partial charge on any atom is 0.0930 e. The van der Waals surface area contributed by atoms with Crippen molar-refractivity contribution in [3.63, 3.8) is 0 Å². The number of rotatable bonds is 8. The van der Waals surface area contributed by atoms with Crippen molar-refractivity contribution in [2.45, 2.75) is 99.5 Å². The Morgan fingerprint density at radius 2 is 1.38 bits per heavy atom. The van der Waals surface area contributed by atoms with Gasteiger partial charge in [-0.3, -0.25) is 0 Å². The van der Waals surface area contributed by atoms with Crippen LogP contribution in [0.5, 0.6) is 0 Å². The summed E-state index contributed by atoms with van der Waals surface area (Å²) in [6, 6.07) is 0. The first-order chi connectivity index (χ1) is 9.76. The molecule has 0 aliphatic heterocycles. The summed E-state index contributed by atoms with van der Waals surface area (Å²) in [7, 11) is 0. The van der Waals surface area contributed by atoms with Crippen LogP contribution in [0, 0.1) is 16.2 Å². The molecular weight excluding hydrogens is 260 g/mol. The minimum atomic E-state index is 0.296. The van der Waals surface area contributed by atoms with Crippen molar-refractivity contribution in [2.24, 2.45) is 16.2 Å². The van der Waals surface area contributed by atoms with E-state index in [1.807, 2.05) is 0 Å². The van der Waals surface area contributed by atoms with Gasteiger partial charge in [0, 0.05) is 0 Å². The molecule has 2 nitrogen and oxygen atoms in total. The molecule has 0 unspecified atom stereocenters. The fraction of sp³-hybridized carbons (Fsp3) is 1.00. The van der Waals surface area contributed by atoms with Gasteiger partial charge in [-0.2, -0.15) is 0 Å². The van der Waals surface area contributed by atoms with Crippen LogP contribution in [0.15, 0.2) is 0 Å². The summed E-state index contributed by atoms with van der Waals surface area (Å²) in [5, 5.41) is 0.